The number of hydrazone groups is 2. The van der Waals surface area contributed by atoms with Crippen LogP contribution in [0.4, 0.5) is 0 Å². The Labute approximate surface area is 335 Å². The molecule has 0 aromatic heterocycles. The summed E-state index contributed by atoms with van der Waals surface area (Å²) in [6.07, 6.45) is 1.81. The molecule has 296 valence electrons. The fourth-order valence-corrected chi connectivity index (χ4v) is 9.85. The third-order valence-electron chi connectivity index (χ3n) is 12.2. The maximum absolute atomic E-state index is 12.5. The predicted molar refractivity (Wildman–Crippen MR) is 230 cm³/mol. The minimum atomic E-state index is -3.67. The van der Waals surface area contributed by atoms with E-state index in [1.807, 2.05) is 64.1 Å². The third kappa shape index (κ3) is 8.92. The second-order valence-electron chi connectivity index (χ2n) is 16.1. The second kappa shape index (κ2) is 16.7. The number of rotatable bonds is 12. The SMILES string of the molecule is C=C(C)[C@@]1(C)C[C@@H](/C(C)=N/NS(=O)(=O)c2ccc(C)cc2)[C@@H]1c1ccccc1.C=C(C)[C@@]1(C)C[C@@H](/C(C)=N/NS(=O)(=O)c2ccc(C)cc2)[C@@H]1c1ccccc1. The predicted octanol–water partition coefficient (Wildman–Crippen LogP) is 10.1. The smallest absolute Gasteiger partial charge is 0.200 e. The molecule has 6 atom stereocenters. The van der Waals surface area contributed by atoms with Crippen molar-refractivity contribution in [1.82, 2.24) is 9.66 Å². The Morgan fingerprint density at radius 2 is 0.857 bits per heavy atom. The molecule has 0 unspecified atom stereocenters. The quantitative estimate of drug-likeness (QED) is 0.0844. The van der Waals surface area contributed by atoms with Crippen molar-refractivity contribution in [2.45, 2.75) is 89.9 Å². The average Bonchev–Trinajstić information content (AvgIpc) is 3.15. The van der Waals surface area contributed by atoms with Gasteiger partial charge in [-0.2, -0.15) is 27.0 Å². The van der Waals surface area contributed by atoms with E-state index in [-0.39, 0.29) is 44.3 Å². The number of benzene rings is 4. The number of nitrogens with one attached hydrogen (secondary N) is 2. The van der Waals surface area contributed by atoms with Gasteiger partial charge < -0.3 is 0 Å². The van der Waals surface area contributed by atoms with Gasteiger partial charge in [0.25, 0.3) is 20.0 Å². The first kappa shape index (κ1) is 42.3. The maximum Gasteiger partial charge on any atom is 0.276 e. The summed E-state index contributed by atoms with van der Waals surface area (Å²) < 4.78 is 50.1. The first-order valence-electron chi connectivity index (χ1n) is 19.0. The minimum Gasteiger partial charge on any atom is -0.200 e. The van der Waals surface area contributed by atoms with Crippen LogP contribution in [0.25, 0.3) is 0 Å². The lowest BCUT2D eigenvalue weighted by Crippen LogP contribution is -2.48. The second-order valence-corrected chi connectivity index (χ2v) is 19.4. The molecule has 4 aromatic carbocycles. The van der Waals surface area contributed by atoms with Gasteiger partial charge in [-0.1, -0.05) is 134 Å². The van der Waals surface area contributed by atoms with Gasteiger partial charge in [0.05, 0.1) is 9.79 Å². The van der Waals surface area contributed by atoms with Crippen LogP contribution in [0.5, 0.6) is 0 Å². The maximum atomic E-state index is 12.5. The lowest BCUT2D eigenvalue weighted by atomic mass is 9.49. The number of sulfonamides is 2. The fourth-order valence-electron chi connectivity index (χ4n) is 8.12. The van der Waals surface area contributed by atoms with Crippen molar-refractivity contribution in [2.75, 3.05) is 0 Å². The highest BCUT2D eigenvalue weighted by atomic mass is 32.2. The molecule has 0 bridgehead atoms. The van der Waals surface area contributed by atoms with E-state index < -0.39 is 20.0 Å². The van der Waals surface area contributed by atoms with E-state index in [0.717, 1.165) is 46.5 Å². The largest absolute Gasteiger partial charge is 0.276 e. The lowest BCUT2D eigenvalue weighted by Gasteiger charge is -2.54. The molecule has 0 saturated heterocycles. The highest BCUT2D eigenvalue weighted by molar-refractivity contribution is 7.89. The molecule has 0 heterocycles. The lowest BCUT2D eigenvalue weighted by molar-refractivity contribution is 0.115. The Balaban J connectivity index is 0.000000214. The number of hydrogen-bond acceptors (Lipinski definition) is 6. The zero-order valence-corrected chi connectivity index (χ0v) is 35.5. The zero-order valence-electron chi connectivity index (χ0n) is 33.9. The van der Waals surface area contributed by atoms with E-state index in [1.165, 1.54) is 11.1 Å². The highest BCUT2D eigenvalue weighted by Crippen LogP contribution is 2.61. The van der Waals surface area contributed by atoms with Crippen molar-refractivity contribution in [3.05, 3.63) is 156 Å². The Hall–Kier alpha value is -4.80. The normalized spacial score (nSPS) is 25.1. The summed E-state index contributed by atoms with van der Waals surface area (Å²) in [5.74, 6) is 0.812. The van der Waals surface area contributed by atoms with Gasteiger partial charge in [0, 0.05) is 35.1 Å². The van der Waals surface area contributed by atoms with E-state index in [1.54, 1.807) is 48.5 Å². The molecule has 0 spiro atoms. The first-order chi connectivity index (χ1) is 26.3. The van der Waals surface area contributed by atoms with Crippen molar-refractivity contribution < 1.29 is 16.8 Å². The summed E-state index contributed by atoms with van der Waals surface area (Å²) in [5.41, 5.74) is 8.34. The van der Waals surface area contributed by atoms with Gasteiger partial charge in [0.2, 0.25) is 0 Å². The summed E-state index contributed by atoms with van der Waals surface area (Å²) in [5, 5.41) is 8.53. The molecule has 2 saturated carbocycles. The first-order valence-corrected chi connectivity index (χ1v) is 21.9. The van der Waals surface area contributed by atoms with Gasteiger partial charge in [-0.05, 0) is 101 Å². The molecule has 0 amide bonds. The standard InChI is InChI=1S/2C23H28N2O2S/c2*1-16(2)23(5)15-21(22(23)19-9-7-6-8-10-19)18(4)24-25-28(26,27)20-13-11-17(3)12-14-20/h2*6-14,21-22,25H,1,15H2,2-5H3/b2*24-18+/t2*21-,22-,23+/m00/s1. The van der Waals surface area contributed by atoms with E-state index in [9.17, 15) is 16.8 Å². The van der Waals surface area contributed by atoms with Crippen LogP contribution in [0.3, 0.4) is 0 Å². The van der Waals surface area contributed by atoms with Crippen molar-refractivity contribution in [3.63, 3.8) is 0 Å². The zero-order chi connectivity index (χ0) is 41.1. The molecule has 2 N–H and O–H groups in total. The van der Waals surface area contributed by atoms with Crippen LogP contribution in [-0.4, -0.2) is 28.3 Å². The van der Waals surface area contributed by atoms with Gasteiger partial charge in [0.15, 0.2) is 0 Å². The Kier molecular flexibility index (Phi) is 12.7. The van der Waals surface area contributed by atoms with Crippen molar-refractivity contribution in [3.8, 4) is 0 Å². The average molecular weight is 793 g/mol. The molecule has 0 aliphatic heterocycles. The Bertz CT molecular complexity index is 2160. The van der Waals surface area contributed by atoms with Gasteiger partial charge in [-0.25, -0.2) is 9.66 Å². The highest BCUT2D eigenvalue weighted by Gasteiger charge is 2.53. The summed E-state index contributed by atoms with van der Waals surface area (Å²) in [6.45, 7) is 24.6. The molecule has 2 fully saturated rings. The number of aryl methyl sites for hydroxylation is 2. The van der Waals surface area contributed by atoms with Gasteiger partial charge in [-0.15, -0.1) is 0 Å². The summed E-state index contributed by atoms with van der Waals surface area (Å²) in [7, 11) is -7.34. The molecule has 2 aliphatic carbocycles. The molecular formula is C46H56N4O4S2. The molecule has 2 aliphatic rings. The molecule has 4 aromatic rings. The van der Waals surface area contributed by atoms with E-state index in [4.69, 9.17) is 0 Å². The molecule has 8 nitrogen and oxygen atoms in total. The number of allylic oxidation sites excluding steroid dienone is 2. The van der Waals surface area contributed by atoms with Gasteiger partial charge in [0.1, 0.15) is 0 Å². The molecule has 10 heteroatoms. The van der Waals surface area contributed by atoms with E-state index in [0.29, 0.717) is 0 Å². The van der Waals surface area contributed by atoms with Crippen LogP contribution < -0.4 is 9.66 Å². The van der Waals surface area contributed by atoms with Crippen LogP contribution in [0.2, 0.25) is 0 Å². The van der Waals surface area contributed by atoms with Crippen LogP contribution >= 0.6 is 0 Å². The minimum absolute atomic E-state index is 0.0152. The van der Waals surface area contributed by atoms with Crippen LogP contribution in [0, 0.1) is 36.5 Å². The molecule has 0 radical (unpaired) electrons. The molecule has 6 rings (SSSR count). The van der Waals surface area contributed by atoms with Crippen LogP contribution in [0.15, 0.2) is 153 Å². The van der Waals surface area contributed by atoms with Crippen molar-refractivity contribution in [2.24, 2.45) is 32.9 Å². The summed E-state index contributed by atoms with van der Waals surface area (Å²) in [4.78, 5) is 5.25. The van der Waals surface area contributed by atoms with Crippen LogP contribution in [0.1, 0.15) is 88.5 Å². The van der Waals surface area contributed by atoms with Crippen LogP contribution in [-0.2, 0) is 20.0 Å². The molecule has 56 heavy (non-hydrogen) atoms. The third-order valence-corrected chi connectivity index (χ3v) is 14.6. The van der Waals surface area contributed by atoms with Gasteiger partial charge in [-0.3, -0.25) is 0 Å². The van der Waals surface area contributed by atoms with E-state index in [2.05, 4.69) is 85.0 Å². The summed E-state index contributed by atoms with van der Waals surface area (Å²) >= 11 is 0. The summed E-state index contributed by atoms with van der Waals surface area (Å²) in [6, 6.07) is 34.2. The molecular weight excluding hydrogens is 737 g/mol. The van der Waals surface area contributed by atoms with E-state index >= 15 is 0 Å². The van der Waals surface area contributed by atoms with Crippen molar-refractivity contribution >= 4 is 31.5 Å². The topological polar surface area (TPSA) is 117 Å². The van der Waals surface area contributed by atoms with Crippen molar-refractivity contribution in [1.29, 1.82) is 0 Å². The Morgan fingerprint density at radius 1 is 0.554 bits per heavy atom. The Morgan fingerprint density at radius 3 is 1.14 bits per heavy atom. The number of hydrogen-bond donors (Lipinski definition) is 2. The fraction of sp³-hybridized carbons (Fsp3) is 0.348. The van der Waals surface area contributed by atoms with Gasteiger partial charge >= 0.3 is 0 Å². The monoisotopic (exact) mass is 792 g/mol. The number of nitrogens with zero attached hydrogens (tertiary/aromatic N) is 2.